The third kappa shape index (κ3) is 6.61. The van der Waals surface area contributed by atoms with E-state index in [2.05, 4.69) is 6.58 Å². The Morgan fingerprint density at radius 2 is 1.66 bits per heavy atom. The number of nitrogens with zero attached hydrogens (tertiary/aromatic N) is 1. The molecule has 1 aliphatic heterocycles. The number of allylic oxidation sites excluding steroid dienone is 1. The van der Waals surface area contributed by atoms with Crippen LogP contribution in [0.1, 0.15) is 30.9 Å². The third-order valence-electron chi connectivity index (χ3n) is 5.10. The number of carbonyl (C=O) groups excluding carboxylic acids is 2. The maximum absolute atomic E-state index is 13.0. The molecule has 0 bridgehead atoms. The van der Waals surface area contributed by atoms with Crippen molar-refractivity contribution in [2.45, 2.75) is 38.6 Å². The summed E-state index contributed by atoms with van der Waals surface area (Å²) in [5.41, 5.74) is -3.59. The molecule has 1 atom stereocenters. The minimum atomic E-state index is -5.79. The average molecular weight is 625 g/mol. The van der Waals surface area contributed by atoms with Crippen LogP contribution in [0.2, 0.25) is 0 Å². The molecular formula is C23H23F3INO6S. The van der Waals surface area contributed by atoms with Gasteiger partial charge in [-0.05, 0) is 0 Å². The van der Waals surface area contributed by atoms with Gasteiger partial charge in [0.25, 0.3) is 0 Å². The van der Waals surface area contributed by atoms with Crippen LogP contribution >= 0.6 is 20.2 Å². The van der Waals surface area contributed by atoms with Crippen LogP contribution in [0.5, 0.6) is 0 Å². The van der Waals surface area contributed by atoms with Gasteiger partial charge < -0.3 is 0 Å². The Bertz CT molecular complexity index is 1210. The predicted molar refractivity (Wildman–Crippen MR) is 129 cm³/mol. The number of rotatable bonds is 8. The number of carbonyl (C=O) groups is 2. The fourth-order valence-electron chi connectivity index (χ4n) is 3.06. The van der Waals surface area contributed by atoms with Crippen LogP contribution in [0.3, 0.4) is 0 Å². The first-order valence-electron chi connectivity index (χ1n) is 10.4. The van der Waals surface area contributed by atoms with Gasteiger partial charge in [-0.3, -0.25) is 0 Å². The van der Waals surface area contributed by atoms with Gasteiger partial charge in [0.05, 0.1) is 0 Å². The van der Waals surface area contributed by atoms with Crippen LogP contribution < -0.4 is 0 Å². The molecule has 2 aromatic rings. The zero-order chi connectivity index (χ0) is 26.0. The van der Waals surface area contributed by atoms with Crippen molar-refractivity contribution >= 4 is 42.2 Å². The molecule has 0 spiro atoms. The molecule has 3 rings (SSSR count). The summed E-state index contributed by atoms with van der Waals surface area (Å²) < 4.78 is 67.9. The number of halogens is 4. The van der Waals surface area contributed by atoms with Crippen molar-refractivity contribution in [3.8, 4) is 0 Å². The van der Waals surface area contributed by atoms with Gasteiger partial charge in [-0.25, -0.2) is 0 Å². The Hall–Kier alpha value is -2.45. The van der Waals surface area contributed by atoms with E-state index in [9.17, 15) is 31.2 Å². The van der Waals surface area contributed by atoms with E-state index in [-0.39, 0.29) is 31.1 Å². The molecule has 7 nitrogen and oxygen atoms in total. The van der Waals surface area contributed by atoms with Crippen molar-refractivity contribution in [2.24, 2.45) is 5.92 Å². The molecule has 1 amide bonds. The standard InChI is InChI=1S/C23H23F3INO6S/c1-15-4-9-19(10-5-15)27(34-35(31,32)23(24,25)26)20-11-6-18(7-12-20)8-13-22(30)33-28-17(3)16(2)14-21(28)29/h4-7,9-12,16H,3,8,13-14H2,1-2H3. The van der Waals surface area contributed by atoms with Gasteiger partial charge in [0.1, 0.15) is 0 Å². The molecule has 12 heteroatoms. The summed E-state index contributed by atoms with van der Waals surface area (Å²) in [6, 6.07) is 12.7. The summed E-state index contributed by atoms with van der Waals surface area (Å²) in [5.74, 6) is -1.09. The normalized spacial score (nSPS) is 17.0. The van der Waals surface area contributed by atoms with Crippen LogP contribution in [-0.4, -0.2) is 30.9 Å². The number of alkyl halides is 3. The minimum absolute atomic E-state index is 0.0516. The third-order valence-corrected chi connectivity index (χ3v) is 12.2. The summed E-state index contributed by atoms with van der Waals surface area (Å²) in [6.07, 6.45) is 0.403. The van der Waals surface area contributed by atoms with Gasteiger partial charge in [-0.15, -0.1) is 0 Å². The number of benzene rings is 2. The summed E-state index contributed by atoms with van der Waals surface area (Å²) in [4.78, 5) is 29.1. The van der Waals surface area contributed by atoms with E-state index in [1.807, 2.05) is 0 Å². The first kappa shape index (κ1) is 27.1. The van der Waals surface area contributed by atoms with Crippen molar-refractivity contribution in [1.29, 1.82) is 0 Å². The second-order valence-corrected chi connectivity index (χ2v) is 14.4. The van der Waals surface area contributed by atoms with Crippen LogP contribution in [-0.2, 0) is 33.5 Å². The zero-order valence-corrected chi connectivity index (χ0v) is 21.8. The summed E-state index contributed by atoms with van der Waals surface area (Å²) in [7, 11) is -5.79. The molecule has 190 valence electrons. The van der Waals surface area contributed by atoms with Gasteiger partial charge in [-0.1, -0.05) is 0 Å². The second-order valence-electron chi connectivity index (χ2n) is 7.88. The predicted octanol–water partition coefficient (Wildman–Crippen LogP) is 5.09. The molecule has 0 radical (unpaired) electrons. The second kappa shape index (κ2) is 10.7. The van der Waals surface area contributed by atoms with Gasteiger partial charge in [-0.2, -0.15) is 0 Å². The van der Waals surface area contributed by atoms with E-state index in [1.54, 1.807) is 50.2 Å². The molecule has 1 heterocycles. The molecular weight excluding hydrogens is 602 g/mol. The number of aryl methyl sites for hydroxylation is 2. The zero-order valence-electron chi connectivity index (χ0n) is 18.8. The van der Waals surface area contributed by atoms with Crippen molar-refractivity contribution in [2.75, 3.05) is 0 Å². The maximum atomic E-state index is 13.0. The molecule has 0 aromatic heterocycles. The average Bonchev–Trinajstić information content (AvgIpc) is 3.02. The fourth-order valence-corrected chi connectivity index (χ4v) is 9.46. The SMILES string of the molecule is C=C1C(C)CC(=O)N1OC(=O)CCc1ccc(I(OS(=O)(=O)C(F)(F)F)c2ccc(C)cc2)cc1. The van der Waals surface area contributed by atoms with Gasteiger partial charge in [0.2, 0.25) is 0 Å². The van der Waals surface area contributed by atoms with Crippen LogP contribution in [0.15, 0.2) is 60.8 Å². The molecule has 2 aromatic carbocycles. The van der Waals surface area contributed by atoms with Crippen molar-refractivity contribution in [3.63, 3.8) is 0 Å². The first-order valence-corrected chi connectivity index (χ1v) is 14.8. The number of hydrogen-bond acceptors (Lipinski definition) is 6. The van der Waals surface area contributed by atoms with Crippen LogP contribution in [0.25, 0.3) is 0 Å². The van der Waals surface area contributed by atoms with Crippen LogP contribution in [0, 0.1) is 20.0 Å². The van der Waals surface area contributed by atoms with Gasteiger partial charge in [0.15, 0.2) is 0 Å². The quantitative estimate of drug-likeness (QED) is 0.300. The summed E-state index contributed by atoms with van der Waals surface area (Å²) in [6.45, 7) is 7.34. The topological polar surface area (TPSA) is 90.0 Å². The molecule has 1 fully saturated rings. The fraction of sp³-hybridized carbons (Fsp3) is 0.304. The Kier molecular flexibility index (Phi) is 8.27. The van der Waals surface area contributed by atoms with E-state index in [4.69, 9.17) is 7.35 Å². The molecule has 0 aliphatic carbocycles. The Morgan fingerprint density at radius 1 is 1.11 bits per heavy atom. The van der Waals surface area contributed by atoms with Crippen molar-refractivity contribution < 1.29 is 38.5 Å². The number of hydrogen-bond donors (Lipinski definition) is 0. The summed E-state index contributed by atoms with van der Waals surface area (Å²) >= 11 is -3.47. The molecule has 0 N–H and O–H groups in total. The number of amides is 1. The Morgan fingerprint density at radius 3 is 2.14 bits per heavy atom. The molecule has 1 aliphatic rings. The van der Waals surface area contributed by atoms with Gasteiger partial charge >= 0.3 is 209 Å². The van der Waals surface area contributed by atoms with E-state index in [0.717, 1.165) is 10.6 Å². The van der Waals surface area contributed by atoms with E-state index in [1.165, 1.54) is 12.1 Å². The summed E-state index contributed by atoms with van der Waals surface area (Å²) in [5, 5.41) is 0.910. The van der Waals surface area contributed by atoms with Crippen molar-refractivity contribution in [3.05, 3.63) is 79.1 Å². The van der Waals surface area contributed by atoms with Gasteiger partial charge in [0, 0.05) is 0 Å². The van der Waals surface area contributed by atoms with E-state index < -0.39 is 41.8 Å². The van der Waals surface area contributed by atoms with Crippen LogP contribution in [0.4, 0.5) is 13.2 Å². The number of hydroxylamine groups is 2. The molecule has 1 saturated heterocycles. The Labute approximate surface area is 208 Å². The van der Waals surface area contributed by atoms with E-state index >= 15 is 0 Å². The molecule has 35 heavy (non-hydrogen) atoms. The van der Waals surface area contributed by atoms with Crippen molar-refractivity contribution in [1.82, 2.24) is 5.06 Å². The van der Waals surface area contributed by atoms with E-state index in [0.29, 0.717) is 18.4 Å². The molecule has 1 unspecified atom stereocenters. The monoisotopic (exact) mass is 625 g/mol. The molecule has 0 saturated carbocycles. The first-order chi connectivity index (χ1) is 16.3. The Balaban J connectivity index is 1.72.